The number of halogens is 2. The third kappa shape index (κ3) is 3.44. The molecule has 0 aliphatic rings. The minimum atomic E-state index is 0.476. The molecule has 0 aromatic heterocycles. The smallest absolute Gasteiger partial charge is 0.133 e. The summed E-state index contributed by atoms with van der Waals surface area (Å²) in [4.78, 5) is 1.13. The largest absolute Gasteiger partial charge is 0.488 e. The van der Waals surface area contributed by atoms with Gasteiger partial charge in [-0.05, 0) is 30.5 Å². The number of hydrogen-bond donors (Lipinski definition) is 0. The molecule has 2 aromatic rings. The van der Waals surface area contributed by atoms with Crippen LogP contribution in [0.1, 0.15) is 5.56 Å². The Morgan fingerprint density at radius 2 is 2.00 bits per heavy atom. The summed E-state index contributed by atoms with van der Waals surface area (Å²) in [7, 11) is 0. The summed E-state index contributed by atoms with van der Waals surface area (Å²) in [6, 6.07) is 13.8. The molecule has 2 aromatic carbocycles. The van der Waals surface area contributed by atoms with Crippen LogP contribution in [0.3, 0.4) is 0 Å². The topological polar surface area (TPSA) is 9.23 Å². The molecular formula is C14H12BrClOS. The van der Waals surface area contributed by atoms with Crippen molar-refractivity contribution in [3.63, 3.8) is 0 Å². The van der Waals surface area contributed by atoms with E-state index in [9.17, 15) is 0 Å². The van der Waals surface area contributed by atoms with Gasteiger partial charge in [-0.15, -0.1) is 11.8 Å². The molecule has 0 spiro atoms. The highest BCUT2D eigenvalue weighted by Gasteiger charge is 2.05. The molecule has 0 saturated carbocycles. The van der Waals surface area contributed by atoms with Crippen molar-refractivity contribution in [3.8, 4) is 5.75 Å². The van der Waals surface area contributed by atoms with Crippen LogP contribution in [0.25, 0.3) is 0 Å². The summed E-state index contributed by atoms with van der Waals surface area (Å²) >= 11 is 11.2. The molecule has 0 bridgehead atoms. The van der Waals surface area contributed by atoms with Crippen molar-refractivity contribution in [3.05, 3.63) is 57.5 Å². The van der Waals surface area contributed by atoms with Crippen LogP contribution in [0.15, 0.2) is 51.8 Å². The van der Waals surface area contributed by atoms with E-state index in [1.165, 1.54) is 0 Å². The Balaban J connectivity index is 2.11. The Labute approximate surface area is 125 Å². The second-order valence-electron chi connectivity index (χ2n) is 3.68. The number of hydrogen-bond acceptors (Lipinski definition) is 2. The van der Waals surface area contributed by atoms with E-state index in [0.29, 0.717) is 11.6 Å². The van der Waals surface area contributed by atoms with Crippen molar-refractivity contribution in [1.82, 2.24) is 0 Å². The highest BCUT2D eigenvalue weighted by molar-refractivity contribution is 9.10. The maximum atomic E-state index is 6.15. The summed E-state index contributed by atoms with van der Waals surface area (Å²) in [6.07, 6.45) is 2.04. The van der Waals surface area contributed by atoms with E-state index >= 15 is 0 Å². The number of ether oxygens (including phenoxy) is 1. The Bertz CT molecular complexity index is 545. The Hall–Kier alpha value is -0.640. The number of thioether (sulfide) groups is 1. The molecule has 0 heterocycles. The monoisotopic (exact) mass is 342 g/mol. The zero-order valence-electron chi connectivity index (χ0n) is 9.82. The molecule has 0 atom stereocenters. The van der Waals surface area contributed by atoms with Gasteiger partial charge >= 0.3 is 0 Å². The van der Waals surface area contributed by atoms with E-state index < -0.39 is 0 Å². The second kappa shape index (κ2) is 6.50. The van der Waals surface area contributed by atoms with Gasteiger partial charge in [0.15, 0.2) is 0 Å². The molecular weight excluding hydrogens is 332 g/mol. The summed E-state index contributed by atoms with van der Waals surface area (Å²) in [5.74, 6) is 0.893. The molecule has 2 rings (SSSR count). The van der Waals surface area contributed by atoms with Crippen molar-refractivity contribution < 1.29 is 4.74 Å². The van der Waals surface area contributed by atoms with Gasteiger partial charge in [-0.3, -0.25) is 0 Å². The quantitative estimate of drug-likeness (QED) is 0.687. The van der Waals surface area contributed by atoms with E-state index in [2.05, 4.69) is 15.9 Å². The molecule has 0 aliphatic carbocycles. The molecule has 4 heteroatoms. The van der Waals surface area contributed by atoms with Crippen LogP contribution in [-0.4, -0.2) is 6.26 Å². The maximum absolute atomic E-state index is 6.15. The van der Waals surface area contributed by atoms with Crippen molar-refractivity contribution in [2.75, 3.05) is 6.26 Å². The first-order valence-corrected chi connectivity index (χ1v) is 7.80. The van der Waals surface area contributed by atoms with E-state index in [0.717, 1.165) is 20.7 Å². The van der Waals surface area contributed by atoms with Gasteiger partial charge in [0.25, 0.3) is 0 Å². The molecule has 0 amide bonds. The highest BCUT2D eigenvalue weighted by Crippen LogP contribution is 2.29. The zero-order chi connectivity index (χ0) is 13.0. The Kier molecular flexibility index (Phi) is 4.98. The highest BCUT2D eigenvalue weighted by atomic mass is 79.9. The van der Waals surface area contributed by atoms with Crippen LogP contribution in [-0.2, 0) is 6.61 Å². The molecule has 0 aliphatic heterocycles. The number of benzene rings is 2. The first kappa shape index (κ1) is 13.8. The van der Waals surface area contributed by atoms with Gasteiger partial charge in [-0.25, -0.2) is 0 Å². The molecule has 0 saturated heterocycles. The Morgan fingerprint density at radius 3 is 2.72 bits per heavy atom. The molecule has 0 unspecified atom stereocenters. The predicted molar refractivity (Wildman–Crippen MR) is 81.7 cm³/mol. The van der Waals surface area contributed by atoms with E-state index in [1.54, 1.807) is 11.8 Å². The van der Waals surface area contributed by atoms with Gasteiger partial charge < -0.3 is 4.74 Å². The molecule has 0 N–H and O–H groups in total. The lowest BCUT2D eigenvalue weighted by atomic mass is 10.2. The SMILES string of the molecule is CSc1ccccc1OCc1ccc(Br)cc1Cl. The number of para-hydroxylation sites is 1. The minimum absolute atomic E-state index is 0.476. The standard InChI is InChI=1S/C14H12BrClOS/c1-18-14-5-3-2-4-13(14)17-9-10-6-7-11(15)8-12(10)16/h2-8H,9H2,1H3. The van der Waals surface area contributed by atoms with E-state index in [4.69, 9.17) is 16.3 Å². The molecule has 18 heavy (non-hydrogen) atoms. The molecule has 0 radical (unpaired) electrons. The lowest BCUT2D eigenvalue weighted by Crippen LogP contribution is -1.97. The summed E-state index contributed by atoms with van der Waals surface area (Å²) in [5, 5.41) is 0.714. The fourth-order valence-corrected chi connectivity index (χ4v) is 2.80. The van der Waals surface area contributed by atoms with Crippen molar-refractivity contribution >= 4 is 39.3 Å². The summed E-state index contributed by atoms with van der Waals surface area (Å²) in [6.45, 7) is 0.476. The lowest BCUT2D eigenvalue weighted by Gasteiger charge is -2.10. The maximum Gasteiger partial charge on any atom is 0.133 e. The van der Waals surface area contributed by atoms with Crippen molar-refractivity contribution in [1.29, 1.82) is 0 Å². The first-order chi connectivity index (χ1) is 8.70. The predicted octanol–water partition coefficient (Wildman–Crippen LogP) is 5.40. The van der Waals surface area contributed by atoms with Crippen LogP contribution in [0.2, 0.25) is 5.02 Å². The van der Waals surface area contributed by atoms with Gasteiger partial charge in [0, 0.05) is 20.0 Å². The van der Waals surface area contributed by atoms with Gasteiger partial charge in [-0.1, -0.05) is 45.7 Å². The van der Waals surface area contributed by atoms with Crippen LogP contribution in [0, 0.1) is 0 Å². The third-order valence-corrected chi connectivity index (χ3v) is 4.09. The zero-order valence-corrected chi connectivity index (χ0v) is 13.0. The lowest BCUT2D eigenvalue weighted by molar-refractivity contribution is 0.299. The van der Waals surface area contributed by atoms with Crippen LogP contribution in [0.4, 0.5) is 0 Å². The van der Waals surface area contributed by atoms with Gasteiger partial charge in [0.1, 0.15) is 12.4 Å². The summed E-state index contributed by atoms with van der Waals surface area (Å²) in [5.41, 5.74) is 0.982. The van der Waals surface area contributed by atoms with Gasteiger partial charge in [0.05, 0.1) is 0 Å². The second-order valence-corrected chi connectivity index (χ2v) is 5.85. The normalized spacial score (nSPS) is 10.4. The van der Waals surface area contributed by atoms with Crippen LogP contribution >= 0.6 is 39.3 Å². The van der Waals surface area contributed by atoms with Crippen LogP contribution < -0.4 is 4.74 Å². The van der Waals surface area contributed by atoms with Crippen LogP contribution in [0.5, 0.6) is 5.75 Å². The van der Waals surface area contributed by atoms with Crippen molar-refractivity contribution in [2.45, 2.75) is 11.5 Å². The molecule has 94 valence electrons. The molecule has 0 fully saturated rings. The average Bonchev–Trinajstić information content (AvgIpc) is 2.38. The molecule has 1 nitrogen and oxygen atoms in total. The van der Waals surface area contributed by atoms with Gasteiger partial charge in [0.2, 0.25) is 0 Å². The van der Waals surface area contributed by atoms with Crippen molar-refractivity contribution in [2.24, 2.45) is 0 Å². The number of rotatable bonds is 4. The summed E-state index contributed by atoms with van der Waals surface area (Å²) < 4.78 is 6.79. The van der Waals surface area contributed by atoms with Gasteiger partial charge in [-0.2, -0.15) is 0 Å². The average molecular weight is 344 g/mol. The van der Waals surface area contributed by atoms with E-state index in [-0.39, 0.29) is 0 Å². The Morgan fingerprint density at radius 1 is 1.22 bits per heavy atom. The minimum Gasteiger partial charge on any atom is -0.488 e. The fourth-order valence-electron chi connectivity index (χ4n) is 1.53. The third-order valence-electron chi connectivity index (χ3n) is 2.47. The van der Waals surface area contributed by atoms with E-state index in [1.807, 2.05) is 48.7 Å². The first-order valence-electron chi connectivity index (χ1n) is 5.40. The fraction of sp³-hybridized carbons (Fsp3) is 0.143.